The summed E-state index contributed by atoms with van der Waals surface area (Å²) in [5.74, 6) is 1.03. The van der Waals surface area contributed by atoms with Crippen LogP contribution in [-0.2, 0) is 9.53 Å². The number of carbonyl (C=O) groups is 2. The predicted molar refractivity (Wildman–Crippen MR) is 192 cm³/mol. The third kappa shape index (κ3) is 8.16. The Kier molecular flexibility index (Phi) is 10.9. The number of ether oxygens (including phenoxy) is 4. The van der Waals surface area contributed by atoms with Crippen LogP contribution in [0.25, 0.3) is 28.0 Å². The Bertz CT molecular complexity index is 1840. The molecule has 1 amide bonds. The van der Waals surface area contributed by atoms with Crippen LogP contribution >= 0.6 is 24.0 Å². The molecule has 2 saturated heterocycles. The molecule has 248 valence electrons. The number of carbonyl (C=O) groups excluding carboxylic acids is 1. The maximum atomic E-state index is 13.4. The number of amides is 1. The second kappa shape index (κ2) is 15.7. The molecule has 2 aliphatic rings. The van der Waals surface area contributed by atoms with Crippen molar-refractivity contribution in [3.8, 4) is 28.4 Å². The van der Waals surface area contributed by atoms with E-state index in [0.717, 1.165) is 71.8 Å². The number of carboxylic acid groups (broad SMARTS) is 1. The summed E-state index contributed by atoms with van der Waals surface area (Å²) in [6.07, 6.45) is 2.45. The number of hydrogen-bond donors (Lipinski definition) is 1. The van der Waals surface area contributed by atoms with Gasteiger partial charge in [-0.1, -0.05) is 48.2 Å². The van der Waals surface area contributed by atoms with E-state index in [1.807, 2.05) is 36.4 Å². The molecule has 0 radical (unpaired) electrons. The number of thiocarbonyl (C=S) groups is 1. The smallest absolute Gasteiger partial charge is 0.335 e. The van der Waals surface area contributed by atoms with Crippen molar-refractivity contribution >= 4 is 57.0 Å². The largest absolute Gasteiger partial charge is 0.497 e. The van der Waals surface area contributed by atoms with Crippen molar-refractivity contribution in [2.45, 2.75) is 6.42 Å². The van der Waals surface area contributed by atoms with Crippen LogP contribution < -0.4 is 14.2 Å². The second-order valence-corrected chi connectivity index (χ2v) is 13.0. The first-order valence-electron chi connectivity index (χ1n) is 15.7. The minimum Gasteiger partial charge on any atom is -0.497 e. The zero-order valence-corrected chi connectivity index (χ0v) is 28.2. The standard InChI is InChI=1S/C37H36N2O7S2/c1-43-31-11-8-27-23-29(5-4-28(27)24-31)32-21-25(3-12-33(32)46-20-16-38-14-18-44-19-15-38)22-34-35(40)39(37(47)48-34)13-2-17-45-30-9-6-26(7-10-30)36(41)42/h3-12,21-24H,2,13-20H2,1H3,(H,41,42). The summed E-state index contributed by atoms with van der Waals surface area (Å²) in [7, 11) is 1.66. The van der Waals surface area contributed by atoms with Gasteiger partial charge in [0, 0.05) is 31.7 Å². The first kappa shape index (κ1) is 33.5. The van der Waals surface area contributed by atoms with Crippen LogP contribution in [0.3, 0.4) is 0 Å². The summed E-state index contributed by atoms with van der Waals surface area (Å²) in [4.78, 5) is 29.0. The third-order valence-electron chi connectivity index (χ3n) is 8.20. The van der Waals surface area contributed by atoms with E-state index in [1.54, 1.807) is 24.1 Å². The maximum absolute atomic E-state index is 13.4. The molecule has 2 aliphatic heterocycles. The maximum Gasteiger partial charge on any atom is 0.335 e. The number of rotatable bonds is 13. The zero-order chi connectivity index (χ0) is 33.5. The zero-order valence-electron chi connectivity index (χ0n) is 26.6. The van der Waals surface area contributed by atoms with Crippen molar-refractivity contribution in [3.63, 3.8) is 0 Å². The molecule has 11 heteroatoms. The molecule has 48 heavy (non-hydrogen) atoms. The van der Waals surface area contributed by atoms with E-state index >= 15 is 0 Å². The lowest BCUT2D eigenvalue weighted by Gasteiger charge is -2.26. The predicted octanol–water partition coefficient (Wildman–Crippen LogP) is 6.59. The van der Waals surface area contributed by atoms with Crippen LogP contribution in [0.1, 0.15) is 22.3 Å². The number of thioether (sulfide) groups is 1. The Balaban J connectivity index is 1.16. The van der Waals surface area contributed by atoms with Crippen molar-refractivity contribution < 1.29 is 33.6 Å². The fraction of sp³-hybridized carbons (Fsp3) is 0.270. The number of fused-ring (bicyclic) bond motifs is 1. The normalized spacial score (nSPS) is 16.1. The molecule has 0 aliphatic carbocycles. The van der Waals surface area contributed by atoms with Crippen molar-refractivity contribution in [1.82, 2.24) is 9.80 Å². The second-order valence-electron chi connectivity index (χ2n) is 11.4. The molecular formula is C37H36N2O7S2. The Labute approximate surface area is 289 Å². The molecule has 4 aromatic rings. The van der Waals surface area contributed by atoms with E-state index in [1.165, 1.54) is 23.9 Å². The van der Waals surface area contributed by atoms with Crippen LogP contribution in [0.4, 0.5) is 0 Å². The quantitative estimate of drug-likeness (QED) is 0.0944. The van der Waals surface area contributed by atoms with E-state index in [9.17, 15) is 9.59 Å². The summed E-state index contributed by atoms with van der Waals surface area (Å²) in [6, 6.07) is 24.6. The molecule has 6 rings (SSSR count). The Morgan fingerprint density at radius 1 is 0.917 bits per heavy atom. The van der Waals surface area contributed by atoms with E-state index in [0.29, 0.717) is 41.2 Å². The highest BCUT2D eigenvalue weighted by atomic mass is 32.2. The van der Waals surface area contributed by atoms with E-state index in [2.05, 4.69) is 29.2 Å². The molecule has 0 bridgehead atoms. The van der Waals surface area contributed by atoms with E-state index in [4.69, 9.17) is 36.3 Å². The first-order valence-corrected chi connectivity index (χ1v) is 17.0. The van der Waals surface area contributed by atoms with Crippen LogP contribution in [0.15, 0.2) is 83.8 Å². The molecule has 0 spiro atoms. The monoisotopic (exact) mass is 684 g/mol. The highest BCUT2D eigenvalue weighted by Gasteiger charge is 2.31. The number of hydrogen-bond acceptors (Lipinski definition) is 9. The lowest BCUT2D eigenvalue weighted by Crippen LogP contribution is -2.38. The third-order valence-corrected chi connectivity index (χ3v) is 9.58. The molecule has 2 heterocycles. The number of benzene rings is 4. The van der Waals surface area contributed by atoms with E-state index in [-0.39, 0.29) is 11.5 Å². The van der Waals surface area contributed by atoms with E-state index < -0.39 is 5.97 Å². The molecule has 1 N–H and O–H groups in total. The number of aromatic carboxylic acids is 1. The van der Waals surface area contributed by atoms with Crippen molar-refractivity contribution in [3.05, 3.63) is 94.9 Å². The van der Waals surface area contributed by atoms with Crippen LogP contribution in [0.2, 0.25) is 0 Å². The average molecular weight is 685 g/mol. The highest BCUT2D eigenvalue weighted by Crippen LogP contribution is 2.37. The number of nitrogens with zero attached hydrogens (tertiary/aromatic N) is 2. The fourth-order valence-corrected chi connectivity index (χ4v) is 6.88. The summed E-state index contributed by atoms with van der Waals surface area (Å²) in [5.41, 5.74) is 3.01. The topological polar surface area (TPSA) is 97.8 Å². The van der Waals surface area contributed by atoms with Gasteiger partial charge in [-0.15, -0.1) is 0 Å². The first-order chi connectivity index (χ1) is 23.4. The summed E-state index contributed by atoms with van der Waals surface area (Å²) in [6.45, 7) is 5.42. The fourth-order valence-electron chi connectivity index (χ4n) is 5.57. The number of carboxylic acids is 1. The van der Waals surface area contributed by atoms with Gasteiger partial charge in [-0.2, -0.15) is 0 Å². The molecule has 0 unspecified atom stereocenters. The van der Waals surface area contributed by atoms with Gasteiger partial charge in [0.05, 0.1) is 37.4 Å². The summed E-state index contributed by atoms with van der Waals surface area (Å²) >= 11 is 6.86. The molecule has 0 atom stereocenters. The Morgan fingerprint density at radius 3 is 2.44 bits per heavy atom. The molecule has 0 aromatic heterocycles. The minimum atomic E-state index is -0.987. The van der Waals surface area contributed by atoms with Gasteiger partial charge >= 0.3 is 5.97 Å². The summed E-state index contributed by atoms with van der Waals surface area (Å²) in [5, 5.41) is 11.2. The molecule has 9 nitrogen and oxygen atoms in total. The minimum absolute atomic E-state index is 0.136. The molecular weight excluding hydrogens is 649 g/mol. The lowest BCUT2D eigenvalue weighted by molar-refractivity contribution is -0.122. The van der Waals surface area contributed by atoms with Gasteiger partial charge in [0.25, 0.3) is 5.91 Å². The number of methoxy groups -OCH3 is 1. The van der Waals surface area contributed by atoms with Gasteiger partial charge < -0.3 is 24.1 Å². The van der Waals surface area contributed by atoms with Crippen molar-refractivity contribution in [1.29, 1.82) is 0 Å². The van der Waals surface area contributed by atoms with Crippen molar-refractivity contribution in [2.75, 3.05) is 59.7 Å². The average Bonchev–Trinajstić information content (AvgIpc) is 3.37. The van der Waals surface area contributed by atoms with Crippen LogP contribution in [0, 0.1) is 0 Å². The van der Waals surface area contributed by atoms with Gasteiger partial charge in [0.15, 0.2) is 0 Å². The lowest BCUT2D eigenvalue weighted by atomic mass is 9.98. The molecule has 0 saturated carbocycles. The van der Waals surface area contributed by atoms with Gasteiger partial charge in [0.2, 0.25) is 0 Å². The molecule has 2 fully saturated rings. The highest BCUT2D eigenvalue weighted by molar-refractivity contribution is 8.26. The van der Waals surface area contributed by atoms with Crippen molar-refractivity contribution in [2.24, 2.45) is 0 Å². The Hall–Kier alpha value is -4.42. The van der Waals surface area contributed by atoms with Gasteiger partial charge in [-0.05, 0) is 89.0 Å². The van der Waals surface area contributed by atoms with Gasteiger partial charge in [-0.25, -0.2) is 4.79 Å². The van der Waals surface area contributed by atoms with Crippen LogP contribution in [-0.4, -0.2) is 90.8 Å². The SMILES string of the molecule is COc1ccc2cc(-c3cc(C=C4SC(=S)N(CCCOc5ccc(C(=O)O)cc5)C4=O)ccc3OCCN3CCOCC3)ccc2c1. The van der Waals surface area contributed by atoms with Gasteiger partial charge in [-0.3, -0.25) is 14.6 Å². The Morgan fingerprint density at radius 2 is 1.67 bits per heavy atom. The van der Waals surface area contributed by atoms with Crippen LogP contribution in [0.5, 0.6) is 17.2 Å². The van der Waals surface area contributed by atoms with Gasteiger partial charge in [0.1, 0.15) is 28.2 Å². The summed E-state index contributed by atoms with van der Waals surface area (Å²) < 4.78 is 23.5. The number of morpholine rings is 1. The molecule has 4 aromatic carbocycles.